The average Bonchev–Trinajstić information content (AvgIpc) is 3.20. The topological polar surface area (TPSA) is 85.2 Å². The van der Waals surface area contributed by atoms with Gasteiger partial charge in [-0.1, -0.05) is 18.6 Å². The molecule has 8 heteroatoms. The van der Waals surface area contributed by atoms with E-state index in [9.17, 15) is 4.79 Å². The lowest BCUT2D eigenvalue weighted by Crippen LogP contribution is -2.56. The van der Waals surface area contributed by atoms with Crippen molar-refractivity contribution < 1.29 is 9.53 Å². The van der Waals surface area contributed by atoms with E-state index >= 15 is 0 Å². The normalized spacial score (nSPS) is 18.2. The molecule has 2 aromatic heterocycles. The third-order valence-electron chi connectivity index (χ3n) is 7.14. The minimum Gasteiger partial charge on any atom is -0.369 e. The molecule has 1 atom stereocenters. The number of fused-ring (bicyclic) bond motifs is 1. The number of carbonyl (C=O) groups is 1. The number of nitrogens with one attached hydrogen (secondary N) is 1. The number of carbonyl (C=O) groups excluding carboxylic acids is 1. The molecule has 1 N–H and O–H groups in total. The van der Waals surface area contributed by atoms with Gasteiger partial charge in [-0.2, -0.15) is 5.10 Å². The fraction of sp³-hybridized carbons (Fsp3) is 0.517. The molecule has 1 fully saturated rings. The maximum absolute atomic E-state index is 13.1. The Morgan fingerprint density at radius 3 is 2.78 bits per heavy atom. The fourth-order valence-electron chi connectivity index (χ4n) is 5.32. The first-order chi connectivity index (χ1) is 17.8. The molecule has 3 aromatic rings. The second-order valence-electron chi connectivity index (χ2n) is 11.2. The summed E-state index contributed by atoms with van der Waals surface area (Å²) in [6.45, 7) is 10.5. The lowest BCUT2D eigenvalue weighted by atomic mass is 9.88. The van der Waals surface area contributed by atoms with E-state index in [4.69, 9.17) is 9.72 Å². The van der Waals surface area contributed by atoms with E-state index in [-0.39, 0.29) is 23.5 Å². The molecule has 2 aliphatic rings. The van der Waals surface area contributed by atoms with Crippen LogP contribution in [0.1, 0.15) is 70.4 Å². The minimum absolute atomic E-state index is 0.156. The number of anilines is 2. The van der Waals surface area contributed by atoms with Crippen LogP contribution in [0.5, 0.6) is 0 Å². The Bertz CT molecular complexity index is 1240. The minimum atomic E-state index is -0.170. The molecular formula is C29H38N6O2. The van der Waals surface area contributed by atoms with E-state index in [1.807, 2.05) is 21.8 Å². The highest BCUT2D eigenvalue weighted by Gasteiger charge is 2.35. The molecule has 37 heavy (non-hydrogen) atoms. The largest absolute Gasteiger partial charge is 0.369 e. The first-order valence-corrected chi connectivity index (χ1v) is 13.5. The first kappa shape index (κ1) is 25.4. The standard InChI is InChI=1S/C29H38N6O2/c1-5-35-17-23(16-31-35)32-28-30-13-12-26(33-28)22-10-11-25-20(14-22)8-6-7-9-21(25)15-27(36)34-18-24(19-34)37-29(2,3)4/h10-14,16-17,21,24H,5-9,15,18-19H2,1-4H3,(H,30,32,33). The van der Waals surface area contributed by atoms with Crippen molar-refractivity contribution in [3.05, 3.63) is 54.0 Å². The Kier molecular flexibility index (Phi) is 7.29. The summed E-state index contributed by atoms with van der Waals surface area (Å²) in [5.41, 5.74) is 5.30. The average molecular weight is 503 g/mol. The van der Waals surface area contributed by atoms with E-state index in [1.165, 1.54) is 11.1 Å². The molecule has 0 bridgehead atoms. The molecule has 0 radical (unpaired) electrons. The van der Waals surface area contributed by atoms with Crippen molar-refractivity contribution in [2.24, 2.45) is 0 Å². The second-order valence-corrected chi connectivity index (χ2v) is 11.2. The number of amides is 1. The van der Waals surface area contributed by atoms with Crippen molar-refractivity contribution >= 4 is 17.5 Å². The summed E-state index contributed by atoms with van der Waals surface area (Å²) in [6, 6.07) is 8.56. The van der Waals surface area contributed by atoms with E-state index in [2.05, 4.69) is 61.3 Å². The summed E-state index contributed by atoms with van der Waals surface area (Å²) in [5.74, 6) is 1.06. The number of hydrogen-bond donors (Lipinski definition) is 1. The highest BCUT2D eigenvalue weighted by molar-refractivity contribution is 5.78. The molecule has 196 valence electrons. The number of rotatable bonds is 7. The monoisotopic (exact) mass is 502 g/mol. The van der Waals surface area contributed by atoms with E-state index in [0.717, 1.165) is 49.2 Å². The van der Waals surface area contributed by atoms with Crippen LogP contribution in [0.3, 0.4) is 0 Å². The number of ether oxygens (including phenoxy) is 1. The predicted molar refractivity (Wildman–Crippen MR) is 145 cm³/mol. The SMILES string of the molecule is CCn1cc(Nc2nccc(-c3ccc4c(c3)CCCCC4CC(=O)N3CC(OC(C)(C)C)C3)n2)cn1. The Morgan fingerprint density at radius 2 is 2.03 bits per heavy atom. The van der Waals surface area contributed by atoms with Gasteiger partial charge in [0.2, 0.25) is 11.9 Å². The fourth-order valence-corrected chi connectivity index (χ4v) is 5.32. The van der Waals surface area contributed by atoms with Gasteiger partial charge in [0, 0.05) is 44.0 Å². The summed E-state index contributed by atoms with van der Waals surface area (Å²) in [4.78, 5) is 24.2. The molecule has 1 saturated heterocycles. The quantitative estimate of drug-likeness (QED) is 0.440. The van der Waals surface area contributed by atoms with Gasteiger partial charge in [-0.15, -0.1) is 0 Å². The van der Waals surface area contributed by atoms with Crippen LogP contribution in [0.2, 0.25) is 0 Å². The van der Waals surface area contributed by atoms with Crippen molar-refractivity contribution in [3.8, 4) is 11.3 Å². The summed E-state index contributed by atoms with van der Waals surface area (Å²) in [7, 11) is 0. The van der Waals surface area contributed by atoms with Crippen LogP contribution >= 0.6 is 0 Å². The molecule has 5 rings (SSSR count). The van der Waals surface area contributed by atoms with Gasteiger partial charge in [-0.25, -0.2) is 9.97 Å². The van der Waals surface area contributed by atoms with Crippen LogP contribution in [0, 0.1) is 0 Å². The second kappa shape index (κ2) is 10.6. The van der Waals surface area contributed by atoms with Crippen LogP contribution in [0.4, 0.5) is 11.6 Å². The molecule has 8 nitrogen and oxygen atoms in total. The third-order valence-corrected chi connectivity index (χ3v) is 7.14. The Balaban J connectivity index is 1.27. The zero-order chi connectivity index (χ0) is 26.0. The number of aromatic nitrogens is 4. The summed E-state index contributed by atoms with van der Waals surface area (Å²) < 4.78 is 7.87. The van der Waals surface area contributed by atoms with Crippen LogP contribution in [0.15, 0.2) is 42.9 Å². The van der Waals surface area contributed by atoms with Gasteiger partial charge in [0.15, 0.2) is 0 Å². The Morgan fingerprint density at radius 1 is 1.19 bits per heavy atom. The molecule has 0 spiro atoms. The van der Waals surface area contributed by atoms with Crippen molar-refractivity contribution in [1.82, 2.24) is 24.6 Å². The van der Waals surface area contributed by atoms with Crippen molar-refractivity contribution in [2.75, 3.05) is 18.4 Å². The van der Waals surface area contributed by atoms with E-state index in [0.29, 0.717) is 25.5 Å². The molecule has 1 unspecified atom stereocenters. The molecule has 1 aliphatic heterocycles. The zero-order valence-corrected chi connectivity index (χ0v) is 22.4. The number of hydrogen-bond acceptors (Lipinski definition) is 6. The molecule has 3 heterocycles. The predicted octanol–water partition coefficient (Wildman–Crippen LogP) is 5.33. The number of benzene rings is 1. The molecular weight excluding hydrogens is 464 g/mol. The van der Waals surface area contributed by atoms with Crippen LogP contribution < -0.4 is 5.32 Å². The van der Waals surface area contributed by atoms with Gasteiger partial charge in [0.25, 0.3) is 0 Å². The van der Waals surface area contributed by atoms with Gasteiger partial charge in [-0.3, -0.25) is 9.48 Å². The Hall–Kier alpha value is -3.26. The molecule has 0 saturated carbocycles. The third kappa shape index (κ3) is 6.18. The van der Waals surface area contributed by atoms with Gasteiger partial charge < -0.3 is 15.0 Å². The van der Waals surface area contributed by atoms with Crippen LogP contribution in [0.25, 0.3) is 11.3 Å². The number of nitrogens with zero attached hydrogens (tertiary/aromatic N) is 5. The van der Waals surface area contributed by atoms with Gasteiger partial charge in [0.1, 0.15) is 0 Å². The van der Waals surface area contributed by atoms with Gasteiger partial charge >= 0.3 is 0 Å². The summed E-state index contributed by atoms with van der Waals surface area (Å²) in [6.07, 6.45) is 10.6. The van der Waals surface area contributed by atoms with Crippen molar-refractivity contribution in [1.29, 1.82) is 0 Å². The van der Waals surface area contributed by atoms with Crippen LogP contribution in [-0.2, 0) is 22.5 Å². The van der Waals surface area contributed by atoms with E-state index < -0.39 is 0 Å². The number of likely N-dealkylation sites (tertiary alicyclic amines) is 1. The first-order valence-electron chi connectivity index (χ1n) is 13.5. The van der Waals surface area contributed by atoms with Crippen molar-refractivity contribution in [3.63, 3.8) is 0 Å². The highest BCUT2D eigenvalue weighted by Crippen LogP contribution is 2.36. The lowest BCUT2D eigenvalue weighted by molar-refractivity contribution is -0.157. The summed E-state index contributed by atoms with van der Waals surface area (Å²) >= 11 is 0. The molecule has 1 aliphatic carbocycles. The van der Waals surface area contributed by atoms with E-state index in [1.54, 1.807) is 12.4 Å². The maximum Gasteiger partial charge on any atom is 0.227 e. The zero-order valence-electron chi connectivity index (χ0n) is 22.4. The van der Waals surface area contributed by atoms with Crippen molar-refractivity contribution in [2.45, 2.75) is 84.0 Å². The maximum atomic E-state index is 13.1. The van der Waals surface area contributed by atoms with Gasteiger partial charge in [0.05, 0.1) is 29.3 Å². The molecule has 1 aromatic carbocycles. The lowest BCUT2D eigenvalue weighted by Gasteiger charge is -2.42. The Labute approximate surface area is 219 Å². The van der Waals surface area contributed by atoms with Crippen LogP contribution in [-0.4, -0.2) is 55.4 Å². The highest BCUT2D eigenvalue weighted by atomic mass is 16.5. The number of aryl methyl sites for hydroxylation is 2. The summed E-state index contributed by atoms with van der Waals surface area (Å²) in [5, 5.41) is 7.55. The van der Waals surface area contributed by atoms with Gasteiger partial charge in [-0.05, 0) is 76.1 Å². The smallest absolute Gasteiger partial charge is 0.227 e. The molecule has 1 amide bonds.